The topological polar surface area (TPSA) is 56.9 Å². The number of allylic oxidation sites excluding steroid dienone is 2. The van der Waals surface area contributed by atoms with Crippen molar-refractivity contribution < 1.29 is 5.11 Å². The van der Waals surface area contributed by atoms with E-state index in [2.05, 4.69) is 4.98 Å². The monoisotopic (exact) mass is 258 g/mol. The summed E-state index contributed by atoms with van der Waals surface area (Å²) < 4.78 is 0. The Morgan fingerprint density at radius 2 is 2.06 bits per heavy atom. The molecule has 90 valence electrons. The number of nitrogens with zero attached hydrogens (tertiary/aromatic N) is 2. The van der Waals surface area contributed by atoms with Crippen molar-refractivity contribution in [2.24, 2.45) is 0 Å². The smallest absolute Gasteiger partial charge is 0.115 e. The van der Waals surface area contributed by atoms with Crippen LogP contribution >= 0.6 is 11.6 Å². The molecule has 0 amide bonds. The normalized spacial score (nSPS) is 12.0. The van der Waals surface area contributed by atoms with Crippen LogP contribution in [0.4, 0.5) is 0 Å². The lowest BCUT2D eigenvalue weighted by Crippen LogP contribution is -1.94. The number of halogens is 1. The minimum Gasteiger partial charge on any atom is -0.511 e. The van der Waals surface area contributed by atoms with Crippen molar-refractivity contribution in [3.8, 4) is 6.07 Å². The van der Waals surface area contributed by atoms with Crippen LogP contribution in [0, 0.1) is 11.3 Å². The van der Waals surface area contributed by atoms with Gasteiger partial charge in [0.05, 0.1) is 11.2 Å². The van der Waals surface area contributed by atoms with Crippen LogP contribution in [0.3, 0.4) is 0 Å². The van der Waals surface area contributed by atoms with Crippen LogP contribution in [-0.4, -0.2) is 16.0 Å². The van der Waals surface area contributed by atoms with Crippen LogP contribution < -0.4 is 0 Å². The van der Waals surface area contributed by atoms with Gasteiger partial charge in [-0.1, -0.05) is 24.3 Å². The molecule has 0 fully saturated rings. The molecule has 0 aliphatic heterocycles. The van der Waals surface area contributed by atoms with Crippen molar-refractivity contribution in [2.75, 3.05) is 5.88 Å². The summed E-state index contributed by atoms with van der Waals surface area (Å²) in [6.45, 7) is 0. The van der Waals surface area contributed by atoms with Gasteiger partial charge in [0, 0.05) is 17.7 Å². The van der Waals surface area contributed by atoms with Crippen molar-refractivity contribution in [2.45, 2.75) is 6.42 Å². The molecule has 2 aromatic rings. The molecule has 1 aromatic heterocycles. The average molecular weight is 259 g/mol. The van der Waals surface area contributed by atoms with Gasteiger partial charge in [-0.3, -0.25) is 0 Å². The van der Waals surface area contributed by atoms with Gasteiger partial charge < -0.3 is 5.11 Å². The first-order valence-corrected chi connectivity index (χ1v) is 6.04. The molecular weight excluding hydrogens is 248 g/mol. The van der Waals surface area contributed by atoms with E-state index in [-0.39, 0.29) is 23.6 Å². The number of aliphatic hydroxyl groups excluding tert-OH is 1. The number of pyridine rings is 1. The minimum atomic E-state index is -0.0183. The lowest BCUT2D eigenvalue weighted by atomic mass is 10.1. The maximum Gasteiger partial charge on any atom is 0.115 e. The van der Waals surface area contributed by atoms with Crippen LogP contribution in [0.25, 0.3) is 16.5 Å². The Morgan fingerprint density at radius 1 is 1.28 bits per heavy atom. The molecule has 0 aliphatic rings. The number of nitriles is 1. The molecule has 0 saturated carbocycles. The maximum atomic E-state index is 9.77. The lowest BCUT2D eigenvalue weighted by Gasteiger charge is -2.04. The van der Waals surface area contributed by atoms with Crippen molar-refractivity contribution >= 4 is 28.1 Å². The fourth-order valence-electron chi connectivity index (χ4n) is 1.69. The van der Waals surface area contributed by atoms with Gasteiger partial charge in [-0.2, -0.15) is 5.26 Å². The van der Waals surface area contributed by atoms with Gasteiger partial charge in [-0.15, -0.1) is 11.6 Å². The number of para-hydroxylation sites is 1. The van der Waals surface area contributed by atoms with Gasteiger partial charge in [-0.25, -0.2) is 4.98 Å². The van der Waals surface area contributed by atoms with Crippen LogP contribution in [0.15, 0.2) is 42.2 Å². The first kappa shape index (κ1) is 12.4. The molecule has 0 radical (unpaired) electrons. The van der Waals surface area contributed by atoms with E-state index in [1.165, 1.54) is 0 Å². The van der Waals surface area contributed by atoms with Gasteiger partial charge in [0.2, 0.25) is 0 Å². The summed E-state index contributed by atoms with van der Waals surface area (Å²) in [5.74, 6) is 0.250. The van der Waals surface area contributed by atoms with E-state index in [9.17, 15) is 5.11 Å². The van der Waals surface area contributed by atoms with Crippen LogP contribution in [0.2, 0.25) is 0 Å². The van der Waals surface area contributed by atoms with E-state index in [4.69, 9.17) is 16.9 Å². The summed E-state index contributed by atoms with van der Waals surface area (Å²) in [4.78, 5) is 4.37. The van der Waals surface area contributed by atoms with E-state index >= 15 is 0 Å². The molecule has 1 N–H and O–H groups in total. The van der Waals surface area contributed by atoms with Gasteiger partial charge in [0.25, 0.3) is 0 Å². The van der Waals surface area contributed by atoms with E-state index in [0.29, 0.717) is 5.69 Å². The highest BCUT2D eigenvalue weighted by Gasteiger charge is 2.09. The lowest BCUT2D eigenvalue weighted by molar-refractivity contribution is 0.399. The van der Waals surface area contributed by atoms with E-state index in [1.54, 1.807) is 6.07 Å². The maximum absolute atomic E-state index is 9.77. The molecule has 0 atom stereocenters. The number of aromatic nitrogens is 1. The number of fused-ring (bicyclic) bond motifs is 1. The fraction of sp³-hybridized carbons (Fsp3) is 0.143. The Hall–Kier alpha value is -2.05. The molecule has 0 spiro atoms. The summed E-state index contributed by atoms with van der Waals surface area (Å²) in [6.07, 6.45) is 0.263. The highest BCUT2D eigenvalue weighted by molar-refractivity contribution is 6.18. The Morgan fingerprint density at radius 3 is 2.78 bits per heavy atom. The van der Waals surface area contributed by atoms with E-state index in [1.807, 2.05) is 36.4 Å². The Bertz CT molecular complexity index is 644. The zero-order valence-corrected chi connectivity index (χ0v) is 10.4. The number of alkyl halides is 1. The predicted octanol–water partition coefficient (Wildman–Crippen LogP) is 3.66. The first-order valence-electron chi connectivity index (χ1n) is 5.50. The number of benzene rings is 1. The zero-order valence-electron chi connectivity index (χ0n) is 9.60. The number of hydrogen-bond acceptors (Lipinski definition) is 3. The molecular formula is C14H11ClN2O. The number of hydrogen-bond donors (Lipinski definition) is 1. The van der Waals surface area contributed by atoms with Gasteiger partial charge >= 0.3 is 0 Å². The summed E-state index contributed by atoms with van der Waals surface area (Å²) in [6, 6.07) is 13.2. The summed E-state index contributed by atoms with van der Waals surface area (Å²) in [5.41, 5.74) is 1.45. The molecule has 1 heterocycles. The summed E-state index contributed by atoms with van der Waals surface area (Å²) in [7, 11) is 0. The molecule has 0 bridgehead atoms. The fourth-order valence-corrected chi connectivity index (χ4v) is 1.87. The standard InChI is InChI=1S/C14H11ClN2O/c15-8-7-14(18)11(9-16)13-6-5-10-3-1-2-4-12(10)17-13/h1-6,18H,7-8H2/b14-11-. The predicted molar refractivity (Wildman–Crippen MR) is 72.2 cm³/mol. The molecule has 0 saturated heterocycles. The third-order valence-electron chi connectivity index (χ3n) is 2.59. The molecule has 18 heavy (non-hydrogen) atoms. The van der Waals surface area contributed by atoms with E-state index < -0.39 is 0 Å². The van der Waals surface area contributed by atoms with Crippen LogP contribution in [0.1, 0.15) is 12.1 Å². The average Bonchev–Trinajstić information content (AvgIpc) is 2.40. The van der Waals surface area contributed by atoms with Gasteiger partial charge in [0.1, 0.15) is 17.4 Å². The summed E-state index contributed by atoms with van der Waals surface area (Å²) >= 11 is 5.56. The molecule has 4 heteroatoms. The molecule has 2 rings (SSSR count). The largest absolute Gasteiger partial charge is 0.511 e. The van der Waals surface area contributed by atoms with Crippen molar-refractivity contribution in [3.05, 3.63) is 47.9 Å². The van der Waals surface area contributed by atoms with Crippen molar-refractivity contribution in [1.29, 1.82) is 5.26 Å². The van der Waals surface area contributed by atoms with Crippen molar-refractivity contribution in [1.82, 2.24) is 4.98 Å². The quantitative estimate of drug-likeness (QED) is 0.519. The summed E-state index contributed by atoms with van der Waals surface area (Å²) in [5, 5.41) is 19.9. The second-order valence-corrected chi connectivity index (χ2v) is 4.14. The second-order valence-electron chi connectivity index (χ2n) is 3.76. The first-order chi connectivity index (χ1) is 8.76. The van der Waals surface area contributed by atoms with Crippen LogP contribution in [-0.2, 0) is 0 Å². The van der Waals surface area contributed by atoms with Gasteiger partial charge in [-0.05, 0) is 12.1 Å². The Kier molecular flexibility index (Phi) is 3.81. The third kappa shape index (κ3) is 2.44. The molecule has 3 nitrogen and oxygen atoms in total. The SMILES string of the molecule is N#C/C(=C(/O)CCCl)c1ccc2ccccc2n1. The van der Waals surface area contributed by atoms with E-state index in [0.717, 1.165) is 10.9 Å². The molecule has 0 unspecified atom stereocenters. The second kappa shape index (κ2) is 5.52. The van der Waals surface area contributed by atoms with Crippen molar-refractivity contribution in [3.63, 3.8) is 0 Å². The third-order valence-corrected chi connectivity index (χ3v) is 2.78. The zero-order chi connectivity index (χ0) is 13.0. The van der Waals surface area contributed by atoms with Crippen LogP contribution in [0.5, 0.6) is 0 Å². The number of rotatable bonds is 3. The van der Waals surface area contributed by atoms with Gasteiger partial charge in [0.15, 0.2) is 0 Å². The Labute approximate surface area is 110 Å². The molecule has 1 aromatic carbocycles. The minimum absolute atomic E-state index is 0.0183. The number of aliphatic hydroxyl groups is 1. The Balaban J connectivity index is 2.53. The highest BCUT2D eigenvalue weighted by atomic mass is 35.5. The molecule has 0 aliphatic carbocycles. The highest BCUT2D eigenvalue weighted by Crippen LogP contribution is 2.20.